The second-order valence-electron chi connectivity index (χ2n) is 7.40. The molecule has 3 aromatic rings. The number of hydrogen-bond acceptors (Lipinski definition) is 4. The molecule has 0 spiro atoms. The molecule has 6 nitrogen and oxygen atoms in total. The van der Waals surface area contributed by atoms with E-state index in [1.54, 1.807) is 0 Å². The van der Waals surface area contributed by atoms with Gasteiger partial charge in [0.1, 0.15) is 5.75 Å². The number of carbonyl (C=O) groups excluding carboxylic acids is 1. The van der Waals surface area contributed by atoms with Gasteiger partial charge in [-0.2, -0.15) is 4.31 Å². The summed E-state index contributed by atoms with van der Waals surface area (Å²) in [5, 5.41) is 3.05. The van der Waals surface area contributed by atoms with Crippen molar-refractivity contribution in [1.29, 1.82) is 0 Å². The summed E-state index contributed by atoms with van der Waals surface area (Å²) in [7, 11) is -2.57. The van der Waals surface area contributed by atoms with Crippen molar-refractivity contribution in [2.75, 3.05) is 13.7 Å². The molecule has 0 bridgehead atoms. The highest BCUT2D eigenvalue weighted by Crippen LogP contribution is 2.29. The number of ether oxygens (including phenoxy) is 1. The van der Waals surface area contributed by atoms with Crippen molar-refractivity contribution >= 4 is 43.5 Å². The highest BCUT2D eigenvalue weighted by atomic mass is 79.9. The van der Waals surface area contributed by atoms with Gasteiger partial charge >= 0.3 is 0 Å². The summed E-state index contributed by atoms with van der Waals surface area (Å²) in [5.41, 5.74) is 1.67. The van der Waals surface area contributed by atoms with Crippen LogP contribution in [0.1, 0.15) is 24.1 Å². The molecule has 0 aliphatic heterocycles. The molecular formula is C24H24BrClN2O4S. The molecule has 0 aliphatic carbocycles. The first kappa shape index (κ1) is 25.2. The quantitative estimate of drug-likeness (QED) is 0.398. The first-order valence-corrected chi connectivity index (χ1v) is 12.7. The lowest BCUT2D eigenvalue weighted by Crippen LogP contribution is -2.41. The predicted octanol–water partition coefficient (Wildman–Crippen LogP) is 5.18. The first-order valence-electron chi connectivity index (χ1n) is 10.1. The summed E-state index contributed by atoms with van der Waals surface area (Å²) < 4.78 is 34.1. The molecule has 1 atom stereocenters. The third kappa shape index (κ3) is 6.57. The number of benzene rings is 3. The Morgan fingerprint density at radius 3 is 2.36 bits per heavy atom. The van der Waals surface area contributed by atoms with E-state index in [2.05, 4.69) is 21.2 Å². The van der Waals surface area contributed by atoms with Gasteiger partial charge in [0.15, 0.2) is 0 Å². The lowest BCUT2D eigenvalue weighted by Gasteiger charge is -2.23. The van der Waals surface area contributed by atoms with E-state index in [1.807, 2.05) is 61.5 Å². The maximum Gasteiger partial charge on any atom is 0.243 e. The summed E-state index contributed by atoms with van der Waals surface area (Å²) >= 11 is 9.55. The first-order chi connectivity index (χ1) is 15.7. The third-order valence-electron chi connectivity index (χ3n) is 5.03. The van der Waals surface area contributed by atoms with Crippen molar-refractivity contribution in [3.05, 3.63) is 93.4 Å². The van der Waals surface area contributed by atoms with E-state index in [4.69, 9.17) is 16.3 Å². The fraction of sp³-hybridized carbons (Fsp3) is 0.208. The van der Waals surface area contributed by atoms with Gasteiger partial charge in [-0.05, 0) is 48.4 Å². The zero-order chi connectivity index (χ0) is 24.0. The maximum atomic E-state index is 13.5. The SMILES string of the molecule is COc1ccc(S(=O)(=O)N(CC(=O)N[C@H](C)c2ccc(Br)cc2)Cc2ccccc2)cc1Cl. The van der Waals surface area contributed by atoms with Crippen LogP contribution in [0, 0.1) is 0 Å². The minimum absolute atomic E-state index is 0.0158. The second kappa shape index (κ2) is 11.2. The van der Waals surface area contributed by atoms with E-state index < -0.39 is 15.9 Å². The zero-order valence-corrected chi connectivity index (χ0v) is 21.3. The van der Waals surface area contributed by atoms with E-state index in [0.717, 1.165) is 19.9 Å². The fourth-order valence-corrected chi connectivity index (χ4v) is 5.25. The van der Waals surface area contributed by atoms with Crippen molar-refractivity contribution < 1.29 is 17.9 Å². The van der Waals surface area contributed by atoms with Crippen LogP contribution in [-0.4, -0.2) is 32.3 Å². The molecule has 9 heteroatoms. The van der Waals surface area contributed by atoms with Crippen LogP contribution >= 0.6 is 27.5 Å². The van der Waals surface area contributed by atoms with Crippen LogP contribution in [0.2, 0.25) is 5.02 Å². The Kier molecular flexibility index (Phi) is 8.53. The van der Waals surface area contributed by atoms with Crippen LogP contribution in [-0.2, 0) is 21.4 Å². The van der Waals surface area contributed by atoms with Crippen molar-refractivity contribution in [2.45, 2.75) is 24.4 Å². The van der Waals surface area contributed by atoms with Crippen molar-refractivity contribution in [3.63, 3.8) is 0 Å². The number of nitrogens with zero attached hydrogens (tertiary/aromatic N) is 1. The van der Waals surface area contributed by atoms with E-state index in [1.165, 1.54) is 25.3 Å². The van der Waals surface area contributed by atoms with Crippen LogP contribution in [0.4, 0.5) is 0 Å². The monoisotopic (exact) mass is 550 g/mol. The molecule has 0 aromatic heterocycles. The molecule has 3 aromatic carbocycles. The largest absolute Gasteiger partial charge is 0.495 e. The number of amides is 1. The Balaban J connectivity index is 1.85. The number of halogens is 2. The maximum absolute atomic E-state index is 13.5. The summed E-state index contributed by atoms with van der Waals surface area (Å²) in [6, 6.07) is 20.6. The normalized spacial score (nSPS) is 12.4. The molecule has 0 heterocycles. The van der Waals surface area contributed by atoms with Crippen LogP contribution in [0.3, 0.4) is 0 Å². The standard InChI is InChI=1S/C24H24BrClN2O4S/c1-17(19-8-10-20(25)11-9-19)27-24(29)16-28(15-18-6-4-3-5-7-18)33(30,31)21-12-13-23(32-2)22(26)14-21/h3-14,17H,15-16H2,1-2H3,(H,27,29)/t17-/m1/s1. The average Bonchev–Trinajstić information content (AvgIpc) is 2.79. The Labute approximate surface area is 207 Å². The lowest BCUT2D eigenvalue weighted by atomic mass is 10.1. The highest BCUT2D eigenvalue weighted by Gasteiger charge is 2.28. The van der Waals surface area contributed by atoms with Crippen molar-refractivity contribution in [1.82, 2.24) is 9.62 Å². The summed E-state index contributed by atoms with van der Waals surface area (Å²) in [4.78, 5) is 12.9. The Hall–Kier alpha value is -2.39. The molecule has 0 fully saturated rings. The van der Waals surface area contributed by atoms with Gasteiger partial charge in [0.05, 0.1) is 29.6 Å². The Morgan fingerprint density at radius 1 is 1.09 bits per heavy atom. The van der Waals surface area contributed by atoms with Crippen LogP contribution in [0.15, 0.2) is 82.2 Å². The van der Waals surface area contributed by atoms with E-state index >= 15 is 0 Å². The zero-order valence-electron chi connectivity index (χ0n) is 18.2. The molecule has 0 saturated carbocycles. The number of hydrogen-bond donors (Lipinski definition) is 1. The molecule has 1 N–H and O–H groups in total. The molecular weight excluding hydrogens is 528 g/mol. The Morgan fingerprint density at radius 2 is 1.76 bits per heavy atom. The molecule has 3 rings (SSSR count). The number of sulfonamides is 1. The summed E-state index contributed by atoms with van der Waals surface area (Å²) in [6.07, 6.45) is 0. The van der Waals surface area contributed by atoms with Crippen LogP contribution in [0.5, 0.6) is 5.75 Å². The number of carbonyl (C=O) groups is 1. The topological polar surface area (TPSA) is 75.7 Å². The van der Waals surface area contributed by atoms with Crippen molar-refractivity contribution in [2.24, 2.45) is 0 Å². The molecule has 0 saturated heterocycles. The smallest absolute Gasteiger partial charge is 0.243 e. The minimum atomic E-state index is -4.02. The predicted molar refractivity (Wildman–Crippen MR) is 133 cm³/mol. The van der Waals surface area contributed by atoms with E-state index in [9.17, 15) is 13.2 Å². The van der Waals surface area contributed by atoms with Crippen LogP contribution in [0.25, 0.3) is 0 Å². The molecule has 1 amide bonds. The number of rotatable bonds is 9. The average molecular weight is 552 g/mol. The fourth-order valence-electron chi connectivity index (χ4n) is 3.25. The van der Waals surface area contributed by atoms with Gasteiger partial charge < -0.3 is 10.1 Å². The van der Waals surface area contributed by atoms with Gasteiger partial charge in [0.25, 0.3) is 0 Å². The molecule has 33 heavy (non-hydrogen) atoms. The summed E-state index contributed by atoms with van der Waals surface area (Å²) in [6.45, 7) is 1.54. The van der Waals surface area contributed by atoms with E-state index in [-0.39, 0.29) is 29.0 Å². The van der Waals surface area contributed by atoms with Gasteiger partial charge in [-0.15, -0.1) is 0 Å². The Bertz CT molecular complexity index is 1200. The van der Waals surface area contributed by atoms with E-state index in [0.29, 0.717) is 5.75 Å². The molecule has 0 unspecified atom stereocenters. The van der Waals surface area contributed by atoms with Gasteiger partial charge in [-0.25, -0.2) is 8.42 Å². The van der Waals surface area contributed by atoms with Crippen molar-refractivity contribution in [3.8, 4) is 5.75 Å². The van der Waals surface area contributed by atoms with Crippen LogP contribution < -0.4 is 10.1 Å². The molecule has 174 valence electrons. The second-order valence-corrected chi connectivity index (χ2v) is 10.7. The lowest BCUT2D eigenvalue weighted by molar-refractivity contribution is -0.122. The molecule has 0 radical (unpaired) electrons. The number of methoxy groups -OCH3 is 1. The minimum Gasteiger partial charge on any atom is -0.495 e. The third-order valence-corrected chi connectivity index (χ3v) is 7.64. The van der Waals surface area contributed by atoms with Gasteiger partial charge in [0, 0.05) is 11.0 Å². The van der Waals surface area contributed by atoms with Gasteiger partial charge in [-0.3, -0.25) is 4.79 Å². The van der Waals surface area contributed by atoms with Gasteiger partial charge in [-0.1, -0.05) is 70.0 Å². The molecule has 0 aliphatic rings. The highest BCUT2D eigenvalue weighted by molar-refractivity contribution is 9.10. The van der Waals surface area contributed by atoms with Gasteiger partial charge in [0.2, 0.25) is 15.9 Å². The number of nitrogens with one attached hydrogen (secondary N) is 1. The summed E-state index contributed by atoms with van der Waals surface area (Å²) in [5.74, 6) is -0.0455.